The summed E-state index contributed by atoms with van der Waals surface area (Å²) in [4.78, 5) is 12.5. The van der Waals surface area contributed by atoms with Crippen molar-refractivity contribution in [2.75, 3.05) is 41.4 Å². The van der Waals surface area contributed by atoms with Crippen LogP contribution in [0.25, 0.3) is 0 Å². The summed E-state index contributed by atoms with van der Waals surface area (Å²) < 4.78 is 64.5. The maximum absolute atomic E-state index is 12.9. The number of aryl methyl sites for hydroxylation is 1. The predicted molar refractivity (Wildman–Crippen MR) is 153 cm³/mol. The Morgan fingerprint density at radius 1 is 0.949 bits per heavy atom. The fraction of sp³-hybridized carbons (Fsp3) is 0.269. The Balaban J connectivity index is 1.62. The van der Waals surface area contributed by atoms with Gasteiger partial charge in [-0.05, 0) is 67.4 Å². The normalized spacial score (nSPS) is 11.5. The van der Waals surface area contributed by atoms with Gasteiger partial charge in [0.05, 0.1) is 36.7 Å². The summed E-state index contributed by atoms with van der Waals surface area (Å²) in [7, 11) is -4.63. The van der Waals surface area contributed by atoms with Gasteiger partial charge in [0.1, 0.15) is 11.5 Å². The number of methoxy groups -OCH3 is 2. The number of hydrogen-bond acceptors (Lipinski definition) is 7. The molecule has 0 radical (unpaired) electrons. The van der Waals surface area contributed by atoms with Crippen molar-refractivity contribution < 1.29 is 31.1 Å². The van der Waals surface area contributed by atoms with E-state index in [1.807, 2.05) is 0 Å². The number of amides is 1. The SMILES string of the molecule is COc1ccc(NS(=O)(=O)c2ccc(NC(=O)CCCN(c3cc(Cl)ccc3C)S(C)(=O)=O)cc2)c(OC)c1. The number of sulfonamides is 2. The Morgan fingerprint density at radius 3 is 2.26 bits per heavy atom. The molecule has 3 aromatic rings. The lowest BCUT2D eigenvalue weighted by Crippen LogP contribution is -2.32. The highest BCUT2D eigenvalue weighted by Crippen LogP contribution is 2.31. The number of ether oxygens (including phenoxy) is 2. The van der Waals surface area contributed by atoms with E-state index < -0.39 is 20.0 Å². The van der Waals surface area contributed by atoms with Gasteiger partial charge in [-0.3, -0.25) is 13.8 Å². The van der Waals surface area contributed by atoms with E-state index in [1.54, 1.807) is 37.3 Å². The number of benzene rings is 3. The second-order valence-corrected chi connectivity index (χ2v) is 12.6. The monoisotopic (exact) mass is 595 g/mol. The molecule has 0 heterocycles. The zero-order chi connectivity index (χ0) is 28.8. The van der Waals surface area contributed by atoms with Crippen LogP contribution in [0.15, 0.2) is 65.6 Å². The molecule has 13 heteroatoms. The fourth-order valence-electron chi connectivity index (χ4n) is 3.73. The number of halogens is 1. The first-order valence-electron chi connectivity index (χ1n) is 11.7. The molecule has 0 fully saturated rings. The maximum atomic E-state index is 12.9. The van der Waals surface area contributed by atoms with Gasteiger partial charge in [-0.15, -0.1) is 0 Å². The molecular formula is C26H30ClN3O7S2. The molecule has 0 saturated carbocycles. The Morgan fingerprint density at radius 2 is 1.64 bits per heavy atom. The molecular weight excluding hydrogens is 566 g/mol. The second kappa shape index (κ2) is 12.6. The summed E-state index contributed by atoms with van der Waals surface area (Å²) >= 11 is 6.05. The number of rotatable bonds is 12. The number of carbonyl (C=O) groups excluding carboxylic acids is 1. The Kier molecular flexibility index (Phi) is 9.70. The number of nitrogens with zero attached hydrogens (tertiary/aromatic N) is 1. The molecule has 210 valence electrons. The van der Waals surface area contributed by atoms with E-state index >= 15 is 0 Å². The van der Waals surface area contributed by atoms with Gasteiger partial charge >= 0.3 is 0 Å². The quantitative estimate of drug-likeness (QED) is 0.311. The molecule has 0 spiro atoms. The largest absolute Gasteiger partial charge is 0.497 e. The van der Waals surface area contributed by atoms with Crippen LogP contribution in [-0.4, -0.2) is 49.8 Å². The average molecular weight is 596 g/mol. The molecule has 0 aliphatic heterocycles. The van der Waals surface area contributed by atoms with Crippen LogP contribution in [0.5, 0.6) is 11.5 Å². The first-order valence-corrected chi connectivity index (χ1v) is 15.4. The van der Waals surface area contributed by atoms with Gasteiger partial charge in [0, 0.05) is 29.7 Å². The van der Waals surface area contributed by atoms with Crippen molar-refractivity contribution in [1.82, 2.24) is 0 Å². The number of nitrogens with one attached hydrogen (secondary N) is 2. The molecule has 0 unspecified atom stereocenters. The second-order valence-electron chi connectivity index (χ2n) is 8.61. The highest BCUT2D eigenvalue weighted by Gasteiger charge is 2.20. The Labute approximate surface area is 234 Å². The first kappa shape index (κ1) is 30.1. The third-order valence-electron chi connectivity index (χ3n) is 5.71. The summed E-state index contributed by atoms with van der Waals surface area (Å²) in [6.45, 7) is 1.87. The maximum Gasteiger partial charge on any atom is 0.262 e. The fourth-order valence-corrected chi connectivity index (χ4v) is 5.98. The van der Waals surface area contributed by atoms with Gasteiger partial charge in [-0.1, -0.05) is 17.7 Å². The molecule has 0 bridgehead atoms. The van der Waals surface area contributed by atoms with Crippen LogP contribution in [0.4, 0.5) is 17.1 Å². The molecule has 0 aromatic heterocycles. The summed E-state index contributed by atoms with van der Waals surface area (Å²) in [5, 5.41) is 3.10. The molecule has 0 aliphatic carbocycles. The van der Waals surface area contributed by atoms with Gasteiger partial charge in [0.15, 0.2) is 0 Å². The zero-order valence-electron chi connectivity index (χ0n) is 21.9. The third-order valence-corrected chi connectivity index (χ3v) is 8.50. The van der Waals surface area contributed by atoms with Crippen LogP contribution < -0.4 is 23.8 Å². The van der Waals surface area contributed by atoms with Crippen molar-refractivity contribution >= 4 is 54.6 Å². The Bertz CT molecular complexity index is 1540. The van der Waals surface area contributed by atoms with E-state index in [0.717, 1.165) is 11.8 Å². The molecule has 1 amide bonds. The minimum Gasteiger partial charge on any atom is -0.497 e. The van der Waals surface area contributed by atoms with Gasteiger partial charge in [0.2, 0.25) is 15.9 Å². The minimum absolute atomic E-state index is 0.0148. The summed E-state index contributed by atoms with van der Waals surface area (Å²) in [5.41, 5.74) is 1.84. The molecule has 0 atom stereocenters. The van der Waals surface area contributed by atoms with Crippen LogP contribution in [0.2, 0.25) is 5.02 Å². The average Bonchev–Trinajstić information content (AvgIpc) is 2.88. The van der Waals surface area contributed by atoms with Gasteiger partial charge in [0.25, 0.3) is 10.0 Å². The van der Waals surface area contributed by atoms with Crippen LogP contribution >= 0.6 is 11.6 Å². The molecule has 3 aromatic carbocycles. The van der Waals surface area contributed by atoms with Crippen molar-refractivity contribution in [1.29, 1.82) is 0 Å². The van der Waals surface area contributed by atoms with E-state index in [-0.39, 0.29) is 35.9 Å². The van der Waals surface area contributed by atoms with Crippen molar-refractivity contribution in [2.45, 2.75) is 24.7 Å². The van der Waals surface area contributed by atoms with E-state index in [4.69, 9.17) is 21.1 Å². The molecule has 10 nitrogen and oxygen atoms in total. The van der Waals surface area contributed by atoms with E-state index in [9.17, 15) is 21.6 Å². The number of anilines is 3. The molecule has 2 N–H and O–H groups in total. The predicted octanol–water partition coefficient (Wildman–Crippen LogP) is 4.65. The van der Waals surface area contributed by atoms with E-state index in [1.165, 1.54) is 48.9 Å². The van der Waals surface area contributed by atoms with E-state index in [0.29, 0.717) is 27.9 Å². The lowest BCUT2D eigenvalue weighted by atomic mass is 10.2. The Hall–Kier alpha value is -3.48. The van der Waals surface area contributed by atoms with Crippen molar-refractivity contribution in [3.63, 3.8) is 0 Å². The van der Waals surface area contributed by atoms with E-state index in [2.05, 4.69) is 10.0 Å². The van der Waals surface area contributed by atoms with Crippen LogP contribution in [-0.2, 0) is 24.8 Å². The topological polar surface area (TPSA) is 131 Å². The van der Waals surface area contributed by atoms with Gasteiger partial charge in [-0.25, -0.2) is 16.8 Å². The van der Waals surface area contributed by atoms with Crippen molar-refractivity contribution in [3.8, 4) is 11.5 Å². The standard InChI is InChI=1S/C26H30ClN3O7S2/c1-18-7-8-19(27)16-24(18)30(38(4,32)33)15-5-6-26(31)28-20-9-12-22(13-10-20)39(34,35)29-23-14-11-21(36-2)17-25(23)37-3/h7-14,16-17,29H,5-6,15H2,1-4H3,(H,28,31). The van der Waals surface area contributed by atoms with Gasteiger partial charge in [-0.2, -0.15) is 0 Å². The highest BCUT2D eigenvalue weighted by atomic mass is 35.5. The zero-order valence-corrected chi connectivity index (χ0v) is 24.3. The van der Waals surface area contributed by atoms with Crippen molar-refractivity contribution in [2.24, 2.45) is 0 Å². The smallest absolute Gasteiger partial charge is 0.262 e. The summed E-state index contributed by atoms with van der Waals surface area (Å²) in [6.07, 6.45) is 1.40. The van der Waals surface area contributed by atoms with Gasteiger partial charge < -0.3 is 14.8 Å². The molecule has 0 saturated heterocycles. The van der Waals surface area contributed by atoms with Crippen LogP contribution in [0, 0.1) is 6.92 Å². The number of hydrogen-bond donors (Lipinski definition) is 2. The number of carbonyl (C=O) groups is 1. The van der Waals surface area contributed by atoms with Crippen LogP contribution in [0.3, 0.4) is 0 Å². The molecule has 39 heavy (non-hydrogen) atoms. The summed E-state index contributed by atoms with van der Waals surface area (Å²) in [5.74, 6) is 0.461. The lowest BCUT2D eigenvalue weighted by molar-refractivity contribution is -0.116. The molecule has 0 aliphatic rings. The van der Waals surface area contributed by atoms with Crippen LogP contribution in [0.1, 0.15) is 18.4 Å². The first-order chi connectivity index (χ1) is 18.3. The third kappa shape index (κ3) is 8.01. The highest BCUT2D eigenvalue weighted by molar-refractivity contribution is 7.92. The lowest BCUT2D eigenvalue weighted by Gasteiger charge is -2.24. The minimum atomic E-state index is -3.94. The van der Waals surface area contributed by atoms with Crippen molar-refractivity contribution in [3.05, 3.63) is 71.2 Å². The summed E-state index contributed by atoms with van der Waals surface area (Å²) in [6, 6.07) is 15.3. The molecule has 3 rings (SSSR count).